The van der Waals surface area contributed by atoms with Crippen LogP contribution in [0.4, 0.5) is 0 Å². The molecule has 2 aromatic rings. The highest BCUT2D eigenvalue weighted by Crippen LogP contribution is 2.36. The third kappa shape index (κ3) is 3.33. The van der Waals surface area contributed by atoms with Gasteiger partial charge in [0.05, 0.1) is 0 Å². The summed E-state index contributed by atoms with van der Waals surface area (Å²) in [6.07, 6.45) is 0.679. The average molecular weight is 348 g/mol. The van der Waals surface area contributed by atoms with Crippen molar-refractivity contribution in [3.8, 4) is 22.1 Å². The molecular formula is C16H16N2O5S. The molecule has 0 saturated carbocycles. The first-order valence-corrected chi connectivity index (χ1v) is 8.33. The van der Waals surface area contributed by atoms with E-state index in [0.717, 1.165) is 5.56 Å². The topological polar surface area (TPSA) is 89.0 Å². The largest absolute Gasteiger partial charge is 0.480 e. The summed E-state index contributed by atoms with van der Waals surface area (Å²) in [4.78, 5) is 29.0. The second kappa shape index (κ2) is 6.88. The maximum absolute atomic E-state index is 12.5. The molecule has 0 fully saturated rings. The molecule has 1 aliphatic rings. The van der Waals surface area contributed by atoms with Gasteiger partial charge in [-0.15, -0.1) is 11.3 Å². The zero-order chi connectivity index (χ0) is 17.1. The number of benzene rings is 1. The monoisotopic (exact) mass is 348 g/mol. The second-order valence-corrected chi connectivity index (χ2v) is 6.08. The molecule has 7 nitrogen and oxygen atoms in total. The van der Waals surface area contributed by atoms with Crippen molar-refractivity contribution >= 4 is 23.2 Å². The first kappa shape index (κ1) is 16.3. The van der Waals surface area contributed by atoms with E-state index in [1.165, 1.54) is 16.2 Å². The van der Waals surface area contributed by atoms with Crippen molar-refractivity contribution in [1.29, 1.82) is 0 Å². The lowest BCUT2D eigenvalue weighted by atomic mass is 10.2. The molecular weight excluding hydrogens is 332 g/mol. The fraction of sp³-hybridized carbons (Fsp3) is 0.312. The van der Waals surface area contributed by atoms with Gasteiger partial charge >= 0.3 is 5.97 Å². The van der Waals surface area contributed by atoms with E-state index in [-0.39, 0.29) is 24.9 Å². The maximum Gasteiger partial charge on any atom is 0.323 e. The minimum atomic E-state index is -1.04. The van der Waals surface area contributed by atoms with E-state index in [2.05, 4.69) is 4.98 Å². The summed E-state index contributed by atoms with van der Waals surface area (Å²) in [5.74, 6) is -0.0817. The van der Waals surface area contributed by atoms with Crippen LogP contribution in [0.5, 0.6) is 11.5 Å². The summed E-state index contributed by atoms with van der Waals surface area (Å²) in [5.41, 5.74) is 1.07. The van der Waals surface area contributed by atoms with Crippen molar-refractivity contribution in [3.05, 3.63) is 29.3 Å². The Labute approximate surface area is 142 Å². The number of ether oxygens (including phenoxy) is 2. The van der Waals surface area contributed by atoms with Crippen molar-refractivity contribution < 1.29 is 24.2 Å². The van der Waals surface area contributed by atoms with E-state index in [1.807, 2.05) is 19.1 Å². The van der Waals surface area contributed by atoms with E-state index in [1.54, 1.807) is 11.4 Å². The van der Waals surface area contributed by atoms with Gasteiger partial charge in [0, 0.05) is 17.5 Å². The lowest BCUT2D eigenvalue weighted by molar-refractivity contribution is -0.137. The van der Waals surface area contributed by atoms with Crippen LogP contribution in [0.2, 0.25) is 0 Å². The van der Waals surface area contributed by atoms with Crippen LogP contribution in [0, 0.1) is 0 Å². The van der Waals surface area contributed by atoms with Crippen LogP contribution in [0.25, 0.3) is 10.6 Å². The van der Waals surface area contributed by atoms with E-state index in [9.17, 15) is 9.59 Å². The number of carboxylic acids is 1. The molecule has 1 aliphatic heterocycles. The number of amides is 1. The minimum absolute atomic E-state index is 0.196. The van der Waals surface area contributed by atoms with Crippen LogP contribution in [0.3, 0.4) is 0 Å². The van der Waals surface area contributed by atoms with Crippen LogP contribution >= 0.6 is 11.3 Å². The highest BCUT2D eigenvalue weighted by molar-refractivity contribution is 7.13. The number of thiazole rings is 1. The summed E-state index contributed by atoms with van der Waals surface area (Å²) in [6.45, 7) is 2.13. The van der Waals surface area contributed by atoms with Gasteiger partial charge in [-0.3, -0.25) is 9.59 Å². The van der Waals surface area contributed by atoms with Gasteiger partial charge in [-0.05, 0) is 24.6 Å². The molecule has 1 N–H and O–H groups in total. The van der Waals surface area contributed by atoms with Gasteiger partial charge in [0.2, 0.25) is 6.79 Å². The number of hydrogen-bond donors (Lipinski definition) is 1. The summed E-state index contributed by atoms with van der Waals surface area (Å²) in [7, 11) is 0. The molecule has 0 atom stereocenters. The molecule has 1 aromatic carbocycles. The minimum Gasteiger partial charge on any atom is -0.480 e. The molecule has 126 valence electrons. The van der Waals surface area contributed by atoms with Gasteiger partial charge in [-0.1, -0.05) is 6.92 Å². The van der Waals surface area contributed by atoms with Gasteiger partial charge in [-0.25, -0.2) is 4.98 Å². The van der Waals surface area contributed by atoms with Gasteiger partial charge in [0.15, 0.2) is 11.5 Å². The van der Waals surface area contributed by atoms with E-state index >= 15 is 0 Å². The molecule has 2 heterocycles. The first-order valence-electron chi connectivity index (χ1n) is 7.45. The Bertz CT molecular complexity index is 774. The quantitative estimate of drug-likeness (QED) is 0.863. The Morgan fingerprint density at radius 2 is 2.12 bits per heavy atom. The zero-order valence-electron chi connectivity index (χ0n) is 13.0. The van der Waals surface area contributed by atoms with Gasteiger partial charge in [0.1, 0.15) is 17.2 Å². The predicted octanol–water partition coefficient (Wildman–Crippen LogP) is 2.48. The van der Waals surface area contributed by atoms with Crippen LogP contribution in [0.15, 0.2) is 23.6 Å². The Balaban J connectivity index is 1.81. The zero-order valence-corrected chi connectivity index (χ0v) is 13.8. The summed E-state index contributed by atoms with van der Waals surface area (Å²) >= 11 is 1.33. The van der Waals surface area contributed by atoms with Crippen molar-refractivity contribution in [1.82, 2.24) is 9.88 Å². The number of hydrogen-bond acceptors (Lipinski definition) is 6. The SMILES string of the molecule is CCCN(CC(=O)O)C(=O)c1csc(-c2ccc3c(c2)OCO3)n1. The molecule has 24 heavy (non-hydrogen) atoms. The maximum atomic E-state index is 12.5. The van der Waals surface area contributed by atoms with E-state index in [0.29, 0.717) is 29.5 Å². The van der Waals surface area contributed by atoms with Gasteiger partial charge in [-0.2, -0.15) is 0 Å². The van der Waals surface area contributed by atoms with Crippen LogP contribution in [-0.2, 0) is 4.79 Å². The molecule has 3 rings (SSSR count). The fourth-order valence-corrected chi connectivity index (χ4v) is 3.17. The summed E-state index contributed by atoms with van der Waals surface area (Å²) in [5, 5.41) is 11.3. The number of carbonyl (C=O) groups excluding carboxylic acids is 1. The first-order chi connectivity index (χ1) is 11.6. The molecule has 0 aliphatic carbocycles. The third-order valence-electron chi connectivity index (χ3n) is 3.45. The Kier molecular flexibility index (Phi) is 4.66. The molecule has 0 bridgehead atoms. The molecule has 8 heteroatoms. The van der Waals surface area contributed by atoms with Crippen molar-refractivity contribution in [2.75, 3.05) is 19.9 Å². The third-order valence-corrected chi connectivity index (χ3v) is 4.34. The standard InChI is InChI=1S/C16H16N2O5S/c1-2-5-18(7-14(19)20)16(21)11-8-24-15(17-11)10-3-4-12-13(6-10)23-9-22-12/h3-4,6,8H,2,5,7,9H2,1H3,(H,19,20). The van der Waals surface area contributed by atoms with Crippen LogP contribution in [-0.4, -0.2) is 46.7 Å². The number of aromatic nitrogens is 1. The van der Waals surface area contributed by atoms with Gasteiger partial charge < -0.3 is 19.5 Å². The van der Waals surface area contributed by atoms with Crippen LogP contribution in [0.1, 0.15) is 23.8 Å². The molecule has 1 aromatic heterocycles. The number of rotatable bonds is 6. The van der Waals surface area contributed by atoms with E-state index < -0.39 is 5.97 Å². The molecule has 1 amide bonds. The lowest BCUT2D eigenvalue weighted by Crippen LogP contribution is -2.36. The second-order valence-electron chi connectivity index (χ2n) is 5.23. The fourth-order valence-electron chi connectivity index (χ4n) is 2.38. The van der Waals surface area contributed by atoms with E-state index in [4.69, 9.17) is 14.6 Å². The summed E-state index contributed by atoms with van der Waals surface area (Å²) < 4.78 is 10.6. The van der Waals surface area contributed by atoms with Crippen LogP contribution < -0.4 is 9.47 Å². The lowest BCUT2D eigenvalue weighted by Gasteiger charge is -2.18. The molecule has 0 spiro atoms. The number of carboxylic acid groups (broad SMARTS) is 1. The number of carbonyl (C=O) groups is 2. The normalized spacial score (nSPS) is 12.2. The van der Waals surface area contributed by atoms with Crippen molar-refractivity contribution in [2.45, 2.75) is 13.3 Å². The smallest absolute Gasteiger partial charge is 0.323 e. The highest BCUT2D eigenvalue weighted by Gasteiger charge is 2.21. The molecule has 0 unspecified atom stereocenters. The average Bonchev–Trinajstić information content (AvgIpc) is 3.21. The predicted molar refractivity (Wildman–Crippen MR) is 87.5 cm³/mol. The number of fused-ring (bicyclic) bond motifs is 1. The highest BCUT2D eigenvalue weighted by atomic mass is 32.1. The Morgan fingerprint density at radius 1 is 1.33 bits per heavy atom. The Hall–Kier alpha value is -2.61. The molecule has 0 saturated heterocycles. The van der Waals surface area contributed by atoms with Crippen molar-refractivity contribution in [2.24, 2.45) is 0 Å². The van der Waals surface area contributed by atoms with Gasteiger partial charge in [0.25, 0.3) is 5.91 Å². The Morgan fingerprint density at radius 3 is 2.88 bits per heavy atom. The molecule has 0 radical (unpaired) electrons. The summed E-state index contributed by atoms with van der Waals surface area (Å²) in [6, 6.07) is 5.46. The van der Waals surface area contributed by atoms with Crippen molar-refractivity contribution in [3.63, 3.8) is 0 Å². The number of aliphatic carboxylic acids is 1. The number of nitrogens with zero attached hydrogens (tertiary/aromatic N) is 2.